The molecule has 0 spiro atoms. The van der Waals surface area contributed by atoms with E-state index in [4.69, 9.17) is 27.9 Å². The Bertz CT molecular complexity index is 465. The molecule has 7 heteroatoms. The van der Waals surface area contributed by atoms with Gasteiger partial charge in [0.1, 0.15) is 0 Å². The van der Waals surface area contributed by atoms with Crippen LogP contribution in [0.5, 0.6) is 5.75 Å². The van der Waals surface area contributed by atoms with Gasteiger partial charge in [-0.1, -0.05) is 30.1 Å². The summed E-state index contributed by atoms with van der Waals surface area (Å²) in [6, 6.07) is 3.33. The Morgan fingerprint density at radius 2 is 2.05 bits per heavy atom. The molecule has 2 unspecified atom stereocenters. The molecule has 1 aromatic rings. The Hall–Kier alpha value is -0.780. The van der Waals surface area contributed by atoms with E-state index in [9.17, 15) is 8.78 Å². The molecule has 2 rings (SSSR count). The number of nitrogens with one attached hydrogen (secondary N) is 1. The predicted molar refractivity (Wildman–Crippen MR) is 79.8 cm³/mol. The van der Waals surface area contributed by atoms with Crippen LogP contribution in [0.25, 0.3) is 0 Å². The minimum Gasteiger partial charge on any atom is -0.432 e. The molecule has 0 aromatic heterocycles. The van der Waals surface area contributed by atoms with Gasteiger partial charge in [0.15, 0.2) is 5.75 Å². The molecule has 1 aromatic carbocycles. The Balaban J connectivity index is 2.07. The van der Waals surface area contributed by atoms with Crippen LogP contribution in [0.2, 0.25) is 10.0 Å². The van der Waals surface area contributed by atoms with Gasteiger partial charge in [0, 0.05) is 18.3 Å². The van der Waals surface area contributed by atoms with Crippen molar-refractivity contribution in [1.82, 2.24) is 0 Å². The summed E-state index contributed by atoms with van der Waals surface area (Å²) in [6.45, 7) is -0.179. The molecule has 1 fully saturated rings. The second-order valence-electron chi connectivity index (χ2n) is 4.91. The van der Waals surface area contributed by atoms with Crippen molar-refractivity contribution in [2.45, 2.75) is 44.9 Å². The molecule has 0 aliphatic carbocycles. The van der Waals surface area contributed by atoms with Gasteiger partial charge in [0.2, 0.25) is 0 Å². The Kier molecular flexibility index (Phi) is 5.90. The van der Waals surface area contributed by atoms with Crippen molar-refractivity contribution in [3.8, 4) is 5.75 Å². The van der Waals surface area contributed by atoms with Crippen molar-refractivity contribution in [2.24, 2.45) is 0 Å². The van der Waals surface area contributed by atoms with Crippen LogP contribution in [0.3, 0.4) is 0 Å². The van der Waals surface area contributed by atoms with Crippen molar-refractivity contribution in [3.05, 3.63) is 22.2 Å². The zero-order valence-electron chi connectivity index (χ0n) is 11.5. The van der Waals surface area contributed by atoms with Crippen LogP contribution in [0.15, 0.2) is 12.1 Å². The second-order valence-corrected chi connectivity index (χ2v) is 5.73. The number of halogens is 4. The number of alkyl halides is 2. The van der Waals surface area contributed by atoms with Crippen molar-refractivity contribution >= 4 is 28.9 Å². The van der Waals surface area contributed by atoms with Gasteiger partial charge >= 0.3 is 6.61 Å². The van der Waals surface area contributed by atoms with E-state index in [1.165, 1.54) is 0 Å². The van der Waals surface area contributed by atoms with Crippen LogP contribution < -0.4 is 10.1 Å². The summed E-state index contributed by atoms with van der Waals surface area (Å²) in [6.07, 6.45) is 2.96. The van der Waals surface area contributed by atoms with Crippen molar-refractivity contribution < 1.29 is 18.3 Å². The van der Waals surface area contributed by atoms with E-state index in [0.717, 1.165) is 19.3 Å². The normalized spacial score (nSPS) is 22.4. The van der Waals surface area contributed by atoms with Gasteiger partial charge < -0.3 is 14.8 Å². The average molecular weight is 340 g/mol. The third-order valence-electron chi connectivity index (χ3n) is 3.40. The first kappa shape index (κ1) is 16.6. The van der Waals surface area contributed by atoms with Crippen molar-refractivity contribution in [3.63, 3.8) is 0 Å². The van der Waals surface area contributed by atoms with E-state index in [1.54, 1.807) is 12.1 Å². The van der Waals surface area contributed by atoms with Crippen molar-refractivity contribution in [2.75, 3.05) is 11.9 Å². The lowest BCUT2D eigenvalue weighted by molar-refractivity contribution is -0.0497. The lowest BCUT2D eigenvalue weighted by Crippen LogP contribution is -2.33. The standard InChI is InChI=1S/C14H17Cl2F2NO2/c1-2-10-5-8(3-4-20-10)19-9-6-11(15)13(12(16)7-9)21-14(17)18/h6-8,10,14,19H,2-5H2,1H3. The van der Waals surface area contributed by atoms with Gasteiger partial charge in [0.25, 0.3) is 0 Å². The largest absolute Gasteiger partial charge is 0.432 e. The first-order valence-corrected chi connectivity index (χ1v) is 7.57. The summed E-state index contributed by atoms with van der Waals surface area (Å²) >= 11 is 11.9. The second kappa shape index (κ2) is 7.47. The molecule has 0 saturated carbocycles. The first-order valence-electron chi connectivity index (χ1n) is 6.81. The molecule has 0 radical (unpaired) electrons. The molecule has 0 bridgehead atoms. The van der Waals surface area contributed by atoms with Crippen molar-refractivity contribution in [1.29, 1.82) is 0 Å². The third-order valence-corrected chi connectivity index (χ3v) is 3.96. The van der Waals surface area contributed by atoms with Gasteiger partial charge in [-0.2, -0.15) is 8.78 Å². The third kappa shape index (κ3) is 4.59. The van der Waals surface area contributed by atoms with E-state index in [-0.39, 0.29) is 27.9 Å². The van der Waals surface area contributed by atoms with E-state index < -0.39 is 6.61 Å². The first-order chi connectivity index (χ1) is 9.99. The summed E-state index contributed by atoms with van der Waals surface area (Å²) in [7, 11) is 0. The lowest BCUT2D eigenvalue weighted by Gasteiger charge is -2.30. The van der Waals surface area contributed by atoms with Crippen LogP contribution in [-0.4, -0.2) is 25.4 Å². The Morgan fingerprint density at radius 3 is 2.62 bits per heavy atom. The summed E-state index contributed by atoms with van der Waals surface area (Å²) in [5.41, 5.74) is 0.688. The fourth-order valence-corrected chi connectivity index (χ4v) is 2.95. The fraction of sp³-hybridized carbons (Fsp3) is 0.571. The topological polar surface area (TPSA) is 30.5 Å². The molecule has 1 heterocycles. The van der Waals surface area contributed by atoms with Gasteiger partial charge in [-0.05, 0) is 31.4 Å². The van der Waals surface area contributed by atoms with Crippen LogP contribution >= 0.6 is 23.2 Å². The Morgan fingerprint density at radius 1 is 1.38 bits per heavy atom. The van der Waals surface area contributed by atoms with Crippen LogP contribution in [0.4, 0.5) is 14.5 Å². The monoisotopic (exact) mass is 339 g/mol. The number of rotatable bonds is 5. The summed E-state index contributed by atoms with van der Waals surface area (Å²) in [4.78, 5) is 0. The predicted octanol–water partition coefficient (Wildman–Crippen LogP) is 4.96. The van der Waals surface area contributed by atoms with E-state index in [0.29, 0.717) is 12.3 Å². The number of benzene rings is 1. The molecule has 1 aliphatic rings. The van der Waals surface area contributed by atoms with E-state index in [1.807, 2.05) is 0 Å². The minimum absolute atomic E-state index is 0.0596. The highest BCUT2D eigenvalue weighted by Crippen LogP contribution is 2.37. The molecular weight excluding hydrogens is 323 g/mol. The summed E-state index contributed by atoms with van der Waals surface area (Å²) in [5.74, 6) is -0.197. The number of anilines is 1. The lowest BCUT2D eigenvalue weighted by atomic mass is 10.0. The fourth-order valence-electron chi connectivity index (χ4n) is 2.38. The molecule has 21 heavy (non-hydrogen) atoms. The molecule has 2 atom stereocenters. The SMILES string of the molecule is CCC1CC(Nc2cc(Cl)c(OC(F)F)c(Cl)c2)CCO1. The van der Waals surface area contributed by atoms with Gasteiger partial charge in [-0.25, -0.2) is 0 Å². The number of ether oxygens (including phenoxy) is 2. The van der Waals surface area contributed by atoms with Gasteiger partial charge in [-0.15, -0.1) is 0 Å². The smallest absolute Gasteiger partial charge is 0.387 e. The number of hydrogen-bond acceptors (Lipinski definition) is 3. The van der Waals surface area contributed by atoms with Gasteiger partial charge in [0.05, 0.1) is 16.1 Å². The average Bonchev–Trinajstić information content (AvgIpc) is 2.43. The zero-order valence-corrected chi connectivity index (χ0v) is 13.1. The molecule has 3 nitrogen and oxygen atoms in total. The molecule has 1 saturated heterocycles. The summed E-state index contributed by atoms with van der Waals surface area (Å²) in [5, 5.41) is 3.43. The summed E-state index contributed by atoms with van der Waals surface area (Å²) < 4.78 is 34.5. The van der Waals surface area contributed by atoms with Crippen LogP contribution in [0, 0.1) is 0 Å². The quantitative estimate of drug-likeness (QED) is 0.821. The van der Waals surface area contributed by atoms with Crippen LogP contribution in [-0.2, 0) is 4.74 Å². The van der Waals surface area contributed by atoms with Crippen LogP contribution in [0.1, 0.15) is 26.2 Å². The maximum Gasteiger partial charge on any atom is 0.387 e. The molecule has 1 N–H and O–H groups in total. The molecule has 118 valence electrons. The maximum atomic E-state index is 12.3. The minimum atomic E-state index is -2.96. The van der Waals surface area contributed by atoms with E-state index in [2.05, 4.69) is 17.0 Å². The highest BCUT2D eigenvalue weighted by Gasteiger charge is 2.22. The maximum absolute atomic E-state index is 12.3. The van der Waals surface area contributed by atoms with Gasteiger partial charge in [-0.3, -0.25) is 0 Å². The molecule has 1 aliphatic heterocycles. The highest BCUT2D eigenvalue weighted by atomic mass is 35.5. The Labute approximate surface area is 132 Å². The molecular formula is C14H17Cl2F2NO2. The van der Waals surface area contributed by atoms with E-state index >= 15 is 0 Å². The zero-order chi connectivity index (χ0) is 15.4. The highest BCUT2D eigenvalue weighted by molar-refractivity contribution is 6.37. The number of hydrogen-bond donors (Lipinski definition) is 1. The molecule has 0 amide bonds.